The van der Waals surface area contributed by atoms with E-state index >= 15 is 0 Å². The highest BCUT2D eigenvalue weighted by atomic mass is 32.2. The summed E-state index contributed by atoms with van der Waals surface area (Å²) >= 11 is 0. The van der Waals surface area contributed by atoms with Crippen LogP contribution in [0.25, 0.3) is 27.6 Å². The number of unbranched alkanes of at least 4 members (excludes halogenated alkanes) is 2. The van der Waals surface area contributed by atoms with Crippen molar-refractivity contribution >= 4 is 66.9 Å². The van der Waals surface area contributed by atoms with Crippen molar-refractivity contribution in [2.45, 2.75) is 81.9 Å². The van der Waals surface area contributed by atoms with Crippen molar-refractivity contribution in [2.75, 3.05) is 24.5 Å². The first-order valence-electron chi connectivity index (χ1n) is 19.5. The summed E-state index contributed by atoms with van der Waals surface area (Å²) in [4.78, 5) is 43.1. The molecule has 5 aromatic carbocycles. The van der Waals surface area contributed by atoms with Crippen molar-refractivity contribution in [3.05, 3.63) is 100 Å². The summed E-state index contributed by atoms with van der Waals surface area (Å²) in [5, 5.41) is 7.18. The van der Waals surface area contributed by atoms with Crippen LogP contribution in [0.1, 0.15) is 82.9 Å². The Morgan fingerprint density at radius 3 is 2.14 bits per heavy atom. The average Bonchev–Trinajstić information content (AvgIpc) is 3.76. The van der Waals surface area contributed by atoms with E-state index < -0.39 is 27.9 Å². The first kappa shape index (κ1) is 37.0. The van der Waals surface area contributed by atoms with Crippen LogP contribution in [0.3, 0.4) is 0 Å². The van der Waals surface area contributed by atoms with Crippen molar-refractivity contribution in [1.82, 2.24) is 9.64 Å². The molecular formula is C45H43N3O8S. The number of imide groups is 1. The van der Waals surface area contributed by atoms with Crippen molar-refractivity contribution < 1.29 is 36.9 Å². The number of rotatable bonds is 9. The maximum Gasteiger partial charge on any atom is 0.333 e. The number of carbonyl (C=O) groups excluding carboxylic acids is 3. The van der Waals surface area contributed by atoms with E-state index in [4.69, 9.17) is 9.57 Å². The first-order valence-corrected chi connectivity index (χ1v) is 20.9. The SMILES string of the molecule is CC1(C)CN(c2ccc(S(=O)(=O)[O-])cc2)c2c1c1c(c3ccccc23)C=c2c(c3c(c4ccccc24)=[N+](CCCCCC(=O)ON2C(=O)CCC2=O)CC3(C)C)O1. The predicted octanol–water partition coefficient (Wildman–Crippen LogP) is 6.21. The first-order chi connectivity index (χ1) is 27.1. The van der Waals surface area contributed by atoms with Gasteiger partial charge in [-0.15, -0.1) is 5.06 Å². The maximum absolute atomic E-state index is 12.4. The van der Waals surface area contributed by atoms with Gasteiger partial charge in [0.1, 0.15) is 28.2 Å². The van der Waals surface area contributed by atoms with E-state index in [1.807, 2.05) is 12.1 Å². The summed E-state index contributed by atoms with van der Waals surface area (Å²) < 4.78 is 45.1. The van der Waals surface area contributed by atoms with Crippen LogP contribution in [0.15, 0.2) is 77.7 Å². The molecule has 4 aliphatic heterocycles. The predicted molar refractivity (Wildman–Crippen MR) is 215 cm³/mol. The number of amides is 2. The zero-order valence-corrected chi connectivity index (χ0v) is 33.2. The molecule has 0 aliphatic carbocycles. The van der Waals surface area contributed by atoms with E-state index in [9.17, 15) is 27.4 Å². The summed E-state index contributed by atoms with van der Waals surface area (Å²) in [5.74, 6) is 0.148. The molecular weight excluding hydrogens is 743 g/mol. The standard InChI is InChI=1S/C45H43N3O8S/c1-44(2)25-46(23-11-5-6-16-37(51)56-48-35(49)21-22-36(48)50)40-31-14-9-7-12-29(31)33-24-34-30-13-8-10-15-32(30)41-39(43(34)55-42(33)38(40)44)45(3,4)26-47(41)27-17-19-28(20-18-27)57(52,53)54/h7-10,12-15,17-20,24H,5-6,11,16,21-23,25-26H2,1-4H3. The van der Waals surface area contributed by atoms with Crippen LogP contribution in [-0.2, 0) is 40.2 Å². The molecule has 292 valence electrons. The van der Waals surface area contributed by atoms with E-state index in [-0.39, 0.29) is 35.0 Å². The molecule has 4 aliphatic rings. The number of hydrogen-bond acceptors (Lipinski definition) is 9. The Morgan fingerprint density at radius 2 is 1.46 bits per heavy atom. The summed E-state index contributed by atoms with van der Waals surface area (Å²) in [7, 11) is -4.59. The number of anilines is 2. The second kappa shape index (κ2) is 13.2. The molecule has 5 aromatic rings. The van der Waals surface area contributed by atoms with E-state index in [1.54, 1.807) is 12.1 Å². The largest absolute Gasteiger partial charge is 0.744 e. The van der Waals surface area contributed by atoms with Gasteiger partial charge < -0.3 is 19.0 Å². The molecule has 57 heavy (non-hydrogen) atoms. The summed E-state index contributed by atoms with van der Waals surface area (Å²) in [6, 6.07) is 23.0. The van der Waals surface area contributed by atoms with Gasteiger partial charge in [-0.25, -0.2) is 17.8 Å². The highest BCUT2D eigenvalue weighted by molar-refractivity contribution is 7.85. The molecule has 1 fully saturated rings. The smallest absolute Gasteiger partial charge is 0.333 e. The van der Waals surface area contributed by atoms with Gasteiger partial charge in [0.2, 0.25) is 5.36 Å². The second-order valence-electron chi connectivity index (χ2n) is 16.8. The maximum atomic E-state index is 12.4. The van der Waals surface area contributed by atoms with Gasteiger partial charge >= 0.3 is 5.97 Å². The normalized spacial score (nSPS) is 17.7. The lowest BCUT2D eigenvalue weighted by atomic mass is 9.81. The quantitative estimate of drug-likeness (QED) is 0.0726. The Balaban J connectivity index is 1.12. The van der Waals surface area contributed by atoms with Gasteiger partial charge in [0.05, 0.1) is 26.9 Å². The third-order valence-electron chi connectivity index (χ3n) is 11.9. The topological polar surface area (TPSA) is 136 Å². The lowest BCUT2D eigenvalue weighted by Crippen LogP contribution is -2.32. The number of fused-ring (bicyclic) bond motifs is 12. The Kier molecular flexibility index (Phi) is 8.60. The van der Waals surface area contributed by atoms with Crippen molar-refractivity contribution in [3.63, 3.8) is 0 Å². The molecule has 1 saturated heterocycles. The van der Waals surface area contributed by atoms with Crippen LogP contribution in [0, 0.1) is 0 Å². The lowest BCUT2D eigenvalue weighted by molar-refractivity contribution is -0.197. The fourth-order valence-corrected chi connectivity index (χ4v) is 9.87. The van der Waals surface area contributed by atoms with E-state index in [0.717, 1.165) is 97.6 Å². The van der Waals surface area contributed by atoms with Crippen LogP contribution in [-0.4, -0.2) is 55.5 Å². The zero-order valence-electron chi connectivity index (χ0n) is 32.4. The van der Waals surface area contributed by atoms with Crippen LogP contribution in [0.5, 0.6) is 11.5 Å². The van der Waals surface area contributed by atoms with Gasteiger partial charge in [-0.1, -0.05) is 56.3 Å². The number of hydroxylamine groups is 2. The Morgan fingerprint density at radius 1 is 0.807 bits per heavy atom. The molecule has 9 rings (SSSR count). The Labute approximate surface area is 330 Å². The molecule has 0 N–H and O–H groups in total. The van der Waals surface area contributed by atoms with Gasteiger partial charge in [-0.2, -0.15) is 0 Å². The molecule has 0 aromatic heterocycles. The van der Waals surface area contributed by atoms with Crippen molar-refractivity contribution in [2.24, 2.45) is 0 Å². The van der Waals surface area contributed by atoms with E-state index in [1.165, 1.54) is 12.1 Å². The second-order valence-corrected chi connectivity index (χ2v) is 18.2. The van der Waals surface area contributed by atoms with Gasteiger partial charge in [0.25, 0.3) is 11.8 Å². The van der Waals surface area contributed by atoms with E-state index in [0.29, 0.717) is 18.0 Å². The number of ether oxygens (including phenoxy) is 1. The third kappa shape index (κ3) is 6.08. The van der Waals surface area contributed by atoms with Crippen molar-refractivity contribution in [1.29, 1.82) is 0 Å². The number of carbonyl (C=O) groups is 3. The molecule has 11 nitrogen and oxygen atoms in total. The highest BCUT2D eigenvalue weighted by Crippen LogP contribution is 2.56. The zero-order chi connectivity index (χ0) is 40.0. The average molecular weight is 786 g/mol. The van der Waals surface area contributed by atoms with Crippen LogP contribution >= 0.6 is 0 Å². The Bertz CT molecular complexity index is 2810. The van der Waals surface area contributed by atoms with Crippen LogP contribution in [0.4, 0.5) is 11.4 Å². The number of nitrogens with zero attached hydrogens (tertiary/aromatic N) is 3. The van der Waals surface area contributed by atoms with Gasteiger partial charge in [-0.05, 0) is 73.9 Å². The Hall–Kier alpha value is -5.59. The minimum absolute atomic E-state index is 0.0697. The summed E-state index contributed by atoms with van der Waals surface area (Å²) in [6.07, 6.45) is 4.74. The molecule has 0 unspecified atom stereocenters. The molecule has 2 amide bonds. The van der Waals surface area contributed by atoms with Gasteiger partial charge in [-0.3, -0.25) is 9.59 Å². The minimum atomic E-state index is -4.59. The molecule has 0 atom stereocenters. The highest BCUT2D eigenvalue weighted by Gasteiger charge is 2.45. The van der Waals surface area contributed by atoms with Crippen LogP contribution in [0.2, 0.25) is 0 Å². The summed E-state index contributed by atoms with van der Waals surface area (Å²) in [5.41, 5.74) is 4.41. The van der Waals surface area contributed by atoms with Gasteiger partial charge in [0, 0.05) is 65.1 Å². The third-order valence-corrected chi connectivity index (χ3v) is 12.7. The molecule has 0 radical (unpaired) electrons. The molecule has 0 bridgehead atoms. The fraction of sp³-hybridized carbons (Fsp3) is 0.333. The van der Waals surface area contributed by atoms with Crippen molar-refractivity contribution in [3.8, 4) is 11.5 Å². The summed E-state index contributed by atoms with van der Waals surface area (Å²) in [6.45, 7) is 11.1. The molecule has 0 spiro atoms. The van der Waals surface area contributed by atoms with E-state index in [2.05, 4.69) is 79.6 Å². The lowest BCUT2D eigenvalue weighted by Gasteiger charge is -2.28. The molecule has 12 heteroatoms. The monoisotopic (exact) mass is 785 g/mol. The fourth-order valence-electron chi connectivity index (χ4n) is 9.40. The number of hydrogen-bond donors (Lipinski definition) is 0. The molecule has 4 heterocycles. The van der Waals surface area contributed by atoms with Gasteiger partial charge in [0.15, 0.2) is 6.54 Å². The minimum Gasteiger partial charge on any atom is -0.744 e. The molecule has 0 saturated carbocycles. The number of benzene rings is 5. The van der Waals surface area contributed by atoms with Crippen LogP contribution < -0.4 is 24.8 Å².